The van der Waals surface area contributed by atoms with Gasteiger partial charge in [-0.2, -0.15) is 0 Å². The molecule has 0 radical (unpaired) electrons. The summed E-state index contributed by atoms with van der Waals surface area (Å²) in [6.45, 7) is 1.97. The molecule has 5 heteroatoms. The Kier molecular flexibility index (Phi) is 4.75. The van der Waals surface area contributed by atoms with E-state index in [2.05, 4.69) is 10.3 Å². The van der Waals surface area contributed by atoms with Gasteiger partial charge in [-0.15, -0.1) is 0 Å². The van der Waals surface area contributed by atoms with Crippen LogP contribution in [0.2, 0.25) is 0 Å². The number of pyridine rings is 1. The fourth-order valence-corrected chi connectivity index (χ4v) is 2.72. The van der Waals surface area contributed by atoms with Crippen molar-refractivity contribution in [2.45, 2.75) is 19.4 Å². The number of nitrogens with zero attached hydrogens (tertiary/aromatic N) is 1. The predicted octanol–water partition coefficient (Wildman–Crippen LogP) is 2.37. The molecule has 0 unspecified atom stereocenters. The molecule has 1 heterocycles. The predicted molar refractivity (Wildman–Crippen MR) is 97.1 cm³/mol. The van der Waals surface area contributed by atoms with E-state index in [9.17, 15) is 9.59 Å². The van der Waals surface area contributed by atoms with Gasteiger partial charge in [0.25, 0.3) is 5.91 Å². The number of hydrogen-bond acceptors (Lipinski definition) is 3. The number of aryl methyl sites for hydroxylation is 1. The molecule has 3 N–H and O–H groups in total. The van der Waals surface area contributed by atoms with Crippen LogP contribution < -0.4 is 11.1 Å². The van der Waals surface area contributed by atoms with E-state index in [1.165, 1.54) is 0 Å². The minimum absolute atomic E-state index is 0.259. The normalized spacial score (nSPS) is 11.9. The van der Waals surface area contributed by atoms with Gasteiger partial charge in [0.15, 0.2) is 0 Å². The minimum Gasteiger partial charge on any atom is -0.368 e. The fraction of sp³-hybridized carbons (Fsp3) is 0.150. The second-order valence-corrected chi connectivity index (χ2v) is 6.01. The molecule has 3 rings (SSSR count). The second-order valence-electron chi connectivity index (χ2n) is 6.01. The summed E-state index contributed by atoms with van der Waals surface area (Å²) in [7, 11) is 0. The van der Waals surface area contributed by atoms with Gasteiger partial charge in [-0.1, -0.05) is 54.1 Å². The van der Waals surface area contributed by atoms with Gasteiger partial charge in [-0.05, 0) is 24.6 Å². The molecule has 0 bridgehead atoms. The van der Waals surface area contributed by atoms with Crippen LogP contribution in [0.1, 0.15) is 21.6 Å². The first-order chi connectivity index (χ1) is 12.0. The number of primary amides is 1. The van der Waals surface area contributed by atoms with Gasteiger partial charge < -0.3 is 11.1 Å². The van der Waals surface area contributed by atoms with Crippen molar-refractivity contribution in [2.75, 3.05) is 0 Å². The molecule has 25 heavy (non-hydrogen) atoms. The van der Waals surface area contributed by atoms with Gasteiger partial charge in [-0.25, -0.2) is 4.98 Å². The average Bonchev–Trinajstić information content (AvgIpc) is 2.60. The van der Waals surface area contributed by atoms with Crippen molar-refractivity contribution in [1.82, 2.24) is 10.3 Å². The molecule has 126 valence electrons. The molecule has 0 saturated heterocycles. The van der Waals surface area contributed by atoms with Gasteiger partial charge in [0.1, 0.15) is 11.7 Å². The first kappa shape index (κ1) is 16.6. The fourth-order valence-electron chi connectivity index (χ4n) is 2.72. The molecule has 2 amide bonds. The second kappa shape index (κ2) is 7.13. The maximum Gasteiger partial charge on any atom is 0.270 e. The standard InChI is InChI=1S/C20H19N3O2/c1-13-5-4-6-14(11-13)12-18(19(21)24)23-20(25)17-10-9-15-7-2-3-8-16(15)22-17/h2-11,18H,12H2,1H3,(H2,21,24)(H,23,25)/t18-/m1/s1. The molecule has 1 aromatic heterocycles. The highest BCUT2D eigenvalue weighted by atomic mass is 16.2. The third-order valence-corrected chi connectivity index (χ3v) is 4.00. The lowest BCUT2D eigenvalue weighted by Gasteiger charge is -2.16. The van der Waals surface area contributed by atoms with Crippen LogP contribution in [0, 0.1) is 6.92 Å². The van der Waals surface area contributed by atoms with E-state index in [4.69, 9.17) is 5.73 Å². The van der Waals surface area contributed by atoms with E-state index in [0.29, 0.717) is 6.42 Å². The molecule has 0 spiro atoms. The molecule has 0 aliphatic heterocycles. The van der Waals surface area contributed by atoms with E-state index in [-0.39, 0.29) is 5.69 Å². The quantitative estimate of drug-likeness (QED) is 0.752. The van der Waals surface area contributed by atoms with E-state index in [1.807, 2.05) is 61.5 Å². The molecule has 5 nitrogen and oxygen atoms in total. The number of fused-ring (bicyclic) bond motifs is 1. The van der Waals surface area contributed by atoms with Crippen LogP contribution in [0.15, 0.2) is 60.7 Å². The summed E-state index contributed by atoms with van der Waals surface area (Å²) in [6.07, 6.45) is 0.344. The van der Waals surface area contributed by atoms with Crippen molar-refractivity contribution in [3.63, 3.8) is 0 Å². The molecule has 0 fully saturated rings. The molecule has 2 aromatic carbocycles. The van der Waals surface area contributed by atoms with Gasteiger partial charge in [0.05, 0.1) is 5.52 Å². The van der Waals surface area contributed by atoms with Crippen LogP contribution in [0.25, 0.3) is 10.9 Å². The zero-order valence-corrected chi connectivity index (χ0v) is 13.9. The zero-order valence-electron chi connectivity index (χ0n) is 13.9. The van der Waals surface area contributed by atoms with Crippen LogP contribution in [0.4, 0.5) is 0 Å². The van der Waals surface area contributed by atoms with Crippen molar-refractivity contribution in [3.05, 3.63) is 77.5 Å². The summed E-state index contributed by atoms with van der Waals surface area (Å²) < 4.78 is 0. The first-order valence-electron chi connectivity index (χ1n) is 8.04. The number of carbonyl (C=O) groups is 2. The molecule has 0 aliphatic carbocycles. The third-order valence-electron chi connectivity index (χ3n) is 4.00. The topological polar surface area (TPSA) is 85.1 Å². The van der Waals surface area contributed by atoms with Crippen LogP contribution in [-0.4, -0.2) is 22.8 Å². The molecular weight excluding hydrogens is 314 g/mol. The number of amides is 2. The smallest absolute Gasteiger partial charge is 0.270 e. The van der Waals surface area contributed by atoms with E-state index in [0.717, 1.165) is 22.0 Å². The molecule has 1 atom stereocenters. The zero-order chi connectivity index (χ0) is 17.8. The van der Waals surface area contributed by atoms with Gasteiger partial charge in [0.2, 0.25) is 5.91 Å². The first-order valence-corrected chi connectivity index (χ1v) is 8.04. The Morgan fingerprint density at radius 1 is 1.08 bits per heavy atom. The van der Waals surface area contributed by atoms with Crippen molar-refractivity contribution in [3.8, 4) is 0 Å². The lowest BCUT2D eigenvalue weighted by atomic mass is 10.0. The van der Waals surface area contributed by atoms with Gasteiger partial charge in [0, 0.05) is 11.8 Å². The summed E-state index contributed by atoms with van der Waals surface area (Å²) >= 11 is 0. The number of aromatic nitrogens is 1. The lowest BCUT2D eigenvalue weighted by Crippen LogP contribution is -2.46. The van der Waals surface area contributed by atoms with Crippen molar-refractivity contribution in [1.29, 1.82) is 0 Å². The Hall–Kier alpha value is -3.21. The monoisotopic (exact) mass is 333 g/mol. The highest BCUT2D eigenvalue weighted by Crippen LogP contribution is 2.12. The highest BCUT2D eigenvalue weighted by Gasteiger charge is 2.20. The third kappa shape index (κ3) is 4.01. The Balaban J connectivity index is 1.78. The van der Waals surface area contributed by atoms with Crippen LogP contribution in [0.5, 0.6) is 0 Å². The SMILES string of the molecule is Cc1cccc(C[C@@H](NC(=O)c2ccc3ccccc3n2)C(N)=O)c1. The van der Waals surface area contributed by atoms with Crippen LogP contribution in [0.3, 0.4) is 0 Å². The van der Waals surface area contributed by atoms with Crippen LogP contribution >= 0.6 is 0 Å². The van der Waals surface area contributed by atoms with E-state index < -0.39 is 17.9 Å². The lowest BCUT2D eigenvalue weighted by molar-refractivity contribution is -0.119. The Morgan fingerprint density at radius 2 is 1.88 bits per heavy atom. The van der Waals surface area contributed by atoms with Crippen molar-refractivity contribution < 1.29 is 9.59 Å². The molecule has 3 aromatic rings. The Labute approximate surface area is 145 Å². The number of para-hydroxylation sites is 1. The van der Waals surface area contributed by atoms with Crippen molar-refractivity contribution in [2.24, 2.45) is 5.73 Å². The number of benzene rings is 2. The summed E-state index contributed by atoms with van der Waals surface area (Å²) in [5.41, 5.74) is 8.48. The number of nitrogens with one attached hydrogen (secondary N) is 1. The summed E-state index contributed by atoms with van der Waals surface area (Å²) in [5, 5.41) is 3.64. The van der Waals surface area contributed by atoms with E-state index >= 15 is 0 Å². The average molecular weight is 333 g/mol. The van der Waals surface area contributed by atoms with Gasteiger partial charge in [-0.3, -0.25) is 9.59 Å². The molecule has 0 aliphatic rings. The maximum atomic E-state index is 12.5. The summed E-state index contributed by atoms with van der Waals surface area (Å²) in [5.74, 6) is -0.988. The number of carbonyl (C=O) groups excluding carboxylic acids is 2. The highest BCUT2D eigenvalue weighted by molar-refractivity contribution is 5.97. The Bertz CT molecular complexity index is 937. The van der Waals surface area contributed by atoms with Crippen molar-refractivity contribution >= 4 is 22.7 Å². The Morgan fingerprint density at radius 3 is 2.64 bits per heavy atom. The number of rotatable bonds is 5. The largest absolute Gasteiger partial charge is 0.368 e. The molecular formula is C20H19N3O2. The summed E-state index contributed by atoms with van der Waals surface area (Å²) in [4.78, 5) is 28.6. The summed E-state index contributed by atoms with van der Waals surface area (Å²) in [6, 6.07) is 18.0. The minimum atomic E-state index is -0.789. The van der Waals surface area contributed by atoms with Crippen LogP contribution in [-0.2, 0) is 11.2 Å². The maximum absolute atomic E-state index is 12.5. The van der Waals surface area contributed by atoms with E-state index in [1.54, 1.807) is 6.07 Å². The molecule has 0 saturated carbocycles. The number of nitrogens with two attached hydrogens (primary N) is 1. The van der Waals surface area contributed by atoms with Gasteiger partial charge >= 0.3 is 0 Å². The number of hydrogen-bond donors (Lipinski definition) is 2.